The van der Waals surface area contributed by atoms with E-state index in [0.29, 0.717) is 5.02 Å². The molecule has 1 aromatic carbocycles. The fraction of sp³-hybridized carbons (Fsp3) is 0.444. The van der Waals surface area contributed by atoms with Crippen molar-refractivity contribution in [3.8, 4) is 0 Å². The number of nitrogens with zero attached hydrogens (tertiary/aromatic N) is 1. The van der Waals surface area contributed by atoms with Crippen LogP contribution in [0.4, 0.5) is 5.69 Å². The molecule has 6 heteroatoms. The Kier molecular flexibility index (Phi) is 6.84. The van der Waals surface area contributed by atoms with E-state index < -0.39 is 0 Å². The Morgan fingerprint density at radius 2 is 2.04 bits per heavy atom. The third-order valence-electron chi connectivity index (χ3n) is 3.38. The molecule has 1 amide bonds. The van der Waals surface area contributed by atoms with E-state index in [-0.39, 0.29) is 23.9 Å². The van der Waals surface area contributed by atoms with E-state index in [1.165, 1.54) is 6.20 Å². The topological polar surface area (TPSA) is 93.5 Å². The summed E-state index contributed by atoms with van der Waals surface area (Å²) in [7, 11) is 0. The average Bonchev–Trinajstić information content (AvgIpc) is 2.44. The standard InChI is InChI=1S/C18H27ClN4O/c1-11(8-16(21)24)23-17-12(2)15(19)7-6-14(17)13(9-20)10-22-18(3,4)5/h6-7,9-11,23H,8,20H2,1-5H3,(H2,21,24). The molecule has 0 heterocycles. The van der Waals surface area contributed by atoms with Crippen LogP contribution < -0.4 is 16.8 Å². The highest BCUT2D eigenvalue weighted by molar-refractivity contribution is 6.32. The van der Waals surface area contributed by atoms with E-state index in [9.17, 15) is 4.79 Å². The number of anilines is 1. The zero-order chi connectivity index (χ0) is 18.5. The van der Waals surface area contributed by atoms with Crippen LogP contribution in [0.15, 0.2) is 23.3 Å². The molecule has 5 nitrogen and oxygen atoms in total. The number of rotatable bonds is 6. The molecule has 24 heavy (non-hydrogen) atoms. The van der Waals surface area contributed by atoms with Crippen molar-refractivity contribution in [1.29, 1.82) is 0 Å². The summed E-state index contributed by atoms with van der Waals surface area (Å²) in [6.07, 6.45) is 3.50. The molecule has 1 unspecified atom stereocenters. The summed E-state index contributed by atoms with van der Waals surface area (Å²) in [5.74, 6) is -0.361. The van der Waals surface area contributed by atoms with Crippen LogP contribution >= 0.6 is 11.6 Å². The van der Waals surface area contributed by atoms with Gasteiger partial charge in [0.1, 0.15) is 0 Å². The Bertz CT molecular complexity index is 660. The van der Waals surface area contributed by atoms with E-state index in [0.717, 1.165) is 22.4 Å². The molecule has 5 N–H and O–H groups in total. The van der Waals surface area contributed by atoms with Crippen LogP contribution in [0.2, 0.25) is 5.02 Å². The highest BCUT2D eigenvalue weighted by atomic mass is 35.5. The molecule has 0 aliphatic carbocycles. The summed E-state index contributed by atoms with van der Waals surface area (Å²) in [6, 6.07) is 3.59. The molecule has 1 atom stereocenters. The SMILES string of the molecule is Cc1c(Cl)ccc(C(C=NC(C)(C)C)=CN)c1NC(C)CC(N)=O. The molecule has 0 aromatic heterocycles. The van der Waals surface area contributed by atoms with Crippen molar-refractivity contribution in [2.24, 2.45) is 16.5 Å². The number of nitrogens with two attached hydrogens (primary N) is 2. The van der Waals surface area contributed by atoms with Gasteiger partial charge in [-0.05, 0) is 46.2 Å². The van der Waals surface area contributed by atoms with Crippen LogP contribution in [0, 0.1) is 6.92 Å². The maximum atomic E-state index is 11.1. The van der Waals surface area contributed by atoms with Crippen molar-refractivity contribution in [2.45, 2.75) is 52.6 Å². The second kappa shape index (κ2) is 8.20. The number of amides is 1. The Morgan fingerprint density at radius 3 is 2.54 bits per heavy atom. The van der Waals surface area contributed by atoms with E-state index in [1.807, 2.05) is 46.8 Å². The van der Waals surface area contributed by atoms with Gasteiger partial charge in [0.15, 0.2) is 0 Å². The molecule has 132 valence electrons. The minimum Gasteiger partial charge on any atom is -0.404 e. The van der Waals surface area contributed by atoms with Gasteiger partial charge in [0.2, 0.25) is 5.91 Å². The number of nitrogens with one attached hydrogen (secondary N) is 1. The van der Waals surface area contributed by atoms with E-state index in [1.54, 1.807) is 6.21 Å². The first-order valence-corrected chi connectivity index (χ1v) is 8.24. The van der Waals surface area contributed by atoms with Crippen molar-refractivity contribution in [2.75, 3.05) is 5.32 Å². The molecule has 0 bridgehead atoms. The second-order valence-electron chi connectivity index (χ2n) is 6.86. The molecular formula is C18H27ClN4O. The van der Waals surface area contributed by atoms with Crippen molar-refractivity contribution in [3.63, 3.8) is 0 Å². The molecule has 0 radical (unpaired) electrons. The summed E-state index contributed by atoms with van der Waals surface area (Å²) < 4.78 is 0. The van der Waals surface area contributed by atoms with Crippen molar-refractivity contribution < 1.29 is 4.79 Å². The van der Waals surface area contributed by atoms with Gasteiger partial charge >= 0.3 is 0 Å². The van der Waals surface area contributed by atoms with Gasteiger partial charge < -0.3 is 16.8 Å². The van der Waals surface area contributed by atoms with Gasteiger partial charge in [-0.3, -0.25) is 9.79 Å². The largest absolute Gasteiger partial charge is 0.404 e. The summed E-state index contributed by atoms with van der Waals surface area (Å²) >= 11 is 6.26. The number of carbonyl (C=O) groups excluding carboxylic acids is 1. The van der Waals surface area contributed by atoms with Crippen molar-refractivity contribution in [3.05, 3.63) is 34.5 Å². The third-order valence-corrected chi connectivity index (χ3v) is 3.79. The Hall–Kier alpha value is -2.01. The van der Waals surface area contributed by atoms with E-state index >= 15 is 0 Å². The predicted molar refractivity (Wildman–Crippen MR) is 103 cm³/mol. The number of halogens is 1. The van der Waals surface area contributed by atoms with Crippen LogP contribution in [0.3, 0.4) is 0 Å². The lowest BCUT2D eigenvalue weighted by molar-refractivity contribution is -0.118. The molecule has 0 aliphatic rings. The highest BCUT2D eigenvalue weighted by Gasteiger charge is 2.16. The quantitative estimate of drug-likeness (QED) is 0.685. The second-order valence-corrected chi connectivity index (χ2v) is 7.27. The molecule has 0 spiro atoms. The van der Waals surface area contributed by atoms with Gasteiger partial charge in [-0.25, -0.2) is 0 Å². The number of hydrogen-bond acceptors (Lipinski definition) is 4. The first kappa shape index (κ1) is 20.0. The van der Waals surface area contributed by atoms with Gasteiger partial charge in [0.05, 0.1) is 5.54 Å². The lowest BCUT2D eigenvalue weighted by Gasteiger charge is -2.21. The van der Waals surface area contributed by atoms with Crippen LogP contribution in [-0.2, 0) is 4.79 Å². The zero-order valence-corrected chi connectivity index (χ0v) is 15.7. The zero-order valence-electron chi connectivity index (χ0n) is 15.0. The van der Waals surface area contributed by atoms with Crippen LogP contribution in [0.25, 0.3) is 5.57 Å². The lowest BCUT2D eigenvalue weighted by atomic mass is 10.00. The predicted octanol–water partition coefficient (Wildman–Crippen LogP) is 3.49. The minimum atomic E-state index is -0.361. The first-order valence-electron chi connectivity index (χ1n) is 7.86. The van der Waals surface area contributed by atoms with Gasteiger partial charge in [-0.1, -0.05) is 17.7 Å². The van der Waals surface area contributed by atoms with Crippen LogP contribution in [0.1, 0.15) is 45.2 Å². The summed E-state index contributed by atoms with van der Waals surface area (Å²) in [6.45, 7) is 9.85. The monoisotopic (exact) mass is 350 g/mol. The third kappa shape index (κ3) is 5.89. The molecule has 1 aromatic rings. The van der Waals surface area contributed by atoms with E-state index in [4.69, 9.17) is 23.1 Å². The van der Waals surface area contributed by atoms with Crippen molar-refractivity contribution in [1.82, 2.24) is 0 Å². The molecule has 0 saturated carbocycles. The van der Waals surface area contributed by atoms with Crippen LogP contribution in [-0.4, -0.2) is 23.7 Å². The lowest BCUT2D eigenvalue weighted by Crippen LogP contribution is -2.25. The summed E-state index contributed by atoms with van der Waals surface area (Å²) in [4.78, 5) is 15.7. The molecule has 0 fully saturated rings. The maximum Gasteiger partial charge on any atom is 0.219 e. The number of allylic oxidation sites excluding steroid dienone is 1. The van der Waals surface area contributed by atoms with E-state index in [2.05, 4.69) is 10.3 Å². The first-order chi connectivity index (χ1) is 11.0. The van der Waals surface area contributed by atoms with Gasteiger partial charge in [0, 0.05) is 46.7 Å². The average molecular weight is 351 g/mol. The number of hydrogen-bond donors (Lipinski definition) is 3. The fourth-order valence-corrected chi connectivity index (χ4v) is 2.34. The Balaban J connectivity index is 3.30. The maximum absolute atomic E-state index is 11.1. The Morgan fingerprint density at radius 1 is 1.42 bits per heavy atom. The molecular weight excluding hydrogens is 324 g/mol. The molecule has 0 aliphatic heterocycles. The highest BCUT2D eigenvalue weighted by Crippen LogP contribution is 2.32. The molecule has 0 saturated heterocycles. The van der Waals surface area contributed by atoms with Crippen LogP contribution in [0.5, 0.6) is 0 Å². The summed E-state index contributed by atoms with van der Waals surface area (Å²) in [5.41, 5.74) is 14.3. The Labute approximate surface area is 149 Å². The number of carbonyl (C=O) groups is 1. The number of aliphatic imine (C=N–C) groups is 1. The number of benzene rings is 1. The van der Waals surface area contributed by atoms with Gasteiger partial charge in [0.25, 0.3) is 0 Å². The van der Waals surface area contributed by atoms with Gasteiger partial charge in [-0.2, -0.15) is 0 Å². The molecule has 1 rings (SSSR count). The van der Waals surface area contributed by atoms with Gasteiger partial charge in [-0.15, -0.1) is 0 Å². The van der Waals surface area contributed by atoms with Crippen molar-refractivity contribution >= 4 is 35.0 Å². The fourth-order valence-electron chi connectivity index (χ4n) is 2.18. The smallest absolute Gasteiger partial charge is 0.219 e. The minimum absolute atomic E-state index is 0.128. The summed E-state index contributed by atoms with van der Waals surface area (Å²) in [5, 5.41) is 3.96. The normalized spacial score (nSPS) is 14.0. The number of primary amides is 1.